The zero-order valence-corrected chi connectivity index (χ0v) is 13.9. The van der Waals surface area contributed by atoms with Crippen LogP contribution < -0.4 is 0 Å². The van der Waals surface area contributed by atoms with Crippen molar-refractivity contribution in [1.82, 2.24) is 0 Å². The second-order valence-corrected chi connectivity index (χ2v) is 6.10. The van der Waals surface area contributed by atoms with Crippen molar-refractivity contribution in [2.75, 3.05) is 11.8 Å². The van der Waals surface area contributed by atoms with Gasteiger partial charge < -0.3 is 4.74 Å². The minimum Gasteiger partial charge on any atom is -0.357 e. The first-order valence-electron chi connectivity index (χ1n) is 6.97. The molecule has 0 fully saturated rings. The summed E-state index contributed by atoms with van der Waals surface area (Å²) >= 11 is 12.5. The average Bonchev–Trinajstić information content (AvgIpc) is 2.56. The first kappa shape index (κ1) is 16.4. The minimum absolute atomic E-state index is 0.357. The molecule has 2 aromatic carbocycles. The first-order chi connectivity index (χ1) is 10.0. The van der Waals surface area contributed by atoms with Gasteiger partial charge in [0.05, 0.1) is 11.8 Å². The minimum atomic E-state index is -0.595. The Bertz CT molecular complexity index is 506. The molecular weight excluding hydrogens is 303 g/mol. The summed E-state index contributed by atoms with van der Waals surface area (Å²) in [5.74, 6) is 0.715. The summed E-state index contributed by atoms with van der Waals surface area (Å²) in [5, 5.41) is 0. The largest absolute Gasteiger partial charge is 0.357 e. The van der Waals surface area contributed by atoms with Gasteiger partial charge in [0, 0.05) is 0 Å². The van der Waals surface area contributed by atoms with Gasteiger partial charge >= 0.3 is 0 Å². The normalized spacial score (nSPS) is 17.0. The Kier molecular flexibility index (Phi) is 5.32. The van der Waals surface area contributed by atoms with Crippen LogP contribution in [0.15, 0.2) is 60.7 Å². The molecule has 2 rings (SSSR count). The summed E-state index contributed by atoms with van der Waals surface area (Å²) in [6.07, 6.45) is 0. The molecule has 0 heterocycles. The molecule has 2 atom stereocenters. The zero-order chi connectivity index (χ0) is 15.3. The number of rotatable bonds is 6. The van der Waals surface area contributed by atoms with Gasteiger partial charge in [-0.2, -0.15) is 0 Å². The molecule has 0 aliphatic heterocycles. The van der Waals surface area contributed by atoms with E-state index in [1.165, 1.54) is 0 Å². The lowest BCUT2D eigenvalue weighted by molar-refractivity contribution is -0.128. The lowest BCUT2D eigenvalue weighted by atomic mass is 9.93. The van der Waals surface area contributed by atoms with E-state index in [0.717, 1.165) is 11.1 Å². The summed E-state index contributed by atoms with van der Waals surface area (Å²) in [4.78, 5) is 0. The third kappa shape index (κ3) is 3.60. The van der Waals surface area contributed by atoms with Crippen LogP contribution in [0.25, 0.3) is 0 Å². The van der Waals surface area contributed by atoms with E-state index >= 15 is 0 Å². The standard InChI is InChI=1S/C18H20Cl2O/c1-17(13-19,15-9-5-3-6-10-15)21-18(2,14-20)16-11-7-4-8-12-16/h3-12H,13-14H2,1-2H3. The molecule has 0 aliphatic rings. The Morgan fingerprint density at radius 1 is 0.714 bits per heavy atom. The SMILES string of the molecule is CC(CCl)(OC(C)(CCl)c1ccccc1)c1ccccc1. The molecule has 1 nitrogen and oxygen atoms in total. The van der Waals surface area contributed by atoms with Crippen molar-refractivity contribution in [3.8, 4) is 0 Å². The summed E-state index contributed by atoms with van der Waals surface area (Å²) in [6.45, 7) is 4.01. The fraction of sp³-hybridized carbons (Fsp3) is 0.333. The number of hydrogen-bond acceptors (Lipinski definition) is 1. The molecule has 2 unspecified atom stereocenters. The number of hydrogen-bond donors (Lipinski definition) is 0. The van der Waals surface area contributed by atoms with E-state index in [1.54, 1.807) is 0 Å². The lowest BCUT2D eigenvalue weighted by Crippen LogP contribution is -2.40. The van der Waals surface area contributed by atoms with Crippen LogP contribution in [0.4, 0.5) is 0 Å². The fourth-order valence-electron chi connectivity index (χ4n) is 2.41. The second kappa shape index (κ2) is 6.83. The van der Waals surface area contributed by atoms with E-state index < -0.39 is 11.2 Å². The molecule has 0 aliphatic carbocycles. The van der Waals surface area contributed by atoms with Crippen LogP contribution in [-0.4, -0.2) is 11.8 Å². The van der Waals surface area contributed by atoms with Crippen molar-refractivity contribution >= 4 is 23.2 Å². The van der Waals surface area contributed by atoms with Crippen molar-refractivity contribution in [2.24, 2.45) is 0 Å². The maximum atomic E-state index is 6.43. The topological polar surface area (TPSA) is 9.23 Å². The van der Waals surface area contributed by atoms with E-state index in [0.29, 0.717) is 11.8 Å². The van der Waals surface area contributed by atoms with Gasteiger partial charge in [0.2, 0.25) is 0 Å². The fourth-order valence-corrected chi connectivity index (χ4v) is 2.82. The molecule has 21 heavy (non-hydrogen) atoms. The summed E-state index contributed by atoms with van der Waals surface area (Å²) in [7, 11) is 0. The van der Waals surface area contributed by atoms with Gasteiger partial charge in [-0.25, -0.2) is 0 Å². The summed E-state index contributed by atoms with van der Waals surface area (Å²) < 4.78 is 6.43. The second-order valence-electron chi connectivity index (χ2n) is 5.56. The molecule has 112 valence electrons. The van der Waals surface area contributed by atoms with E-state index in [-0.39, 0.29) is 0 Å². The highest BCUT2D eigenvalue weighted by Crippen LogP contribution is 2.37. The van der Waals surface area contributed by atoms with Crippen LogP contribution in [0.3, 0.4) is 0 Å². The molecule has 0 spiro atoms. The third-order valence-electron chi connectivity index (χ3n) is 3.73. The van der Waals surface area contributed by atoms with Crippen LogP contribution in [0.2, 0.25) is 0 Å². The van der Waals surface area contributed by atoms with Crippen molar-refractivity contribution in [3.05, 3.63) is 71.8 Å². The van der Waals surface area contributed by atoms with Crippen LogP contribution >= 0.6 is 23.2 Å². The molecule has 2 aromatic rings. The van der Waals surface area contributed by atoms with Gasteiger partial charge in [-0.05, 0) is 25.0 Å². The van der Waals surface area contributed by atoms with Crippen molar-refractivity contribution in [1.29, 1.82) is 0 Å². The Hall–Kier alpha value is -1.02. The molecular formula is C18H20Cl2O. The molecule has 0 saturated heterocycles. The Balaban J connectivity index is 2.36. The highest BCUT2D eigenvalue weighted by Gasteiger charge is 2.37. The van der Waals surface area contributed by atoms with Gasteiger partial charge in [0.25, 0.3) is 0 Å². The molecule has 0 N–H and O–H groups in total. The average molecular weight is 323 g/mol. The number of benzene rings is 2. The maximum Gasteiger partial charge on any atom is 0.105 e. The predicted molar refractivity (Wildman–Crippen MR) is 90.1 cm³/mol. The van der Waals surface area contributed by atoms with Crippen LogP contribution in [0, 0.1) is 0 Å². The molecule has 0 aromatic heterocycles. The number of alkyl halides is 2. The smallest absolute Gasteiger partial charge is 0.105 e. The molecule has 0 radical (unpaired) electrons. The zero-order valence-electron chi connectivity index (χ0n) is 12.4. The number of ether oxygens (including phenoxy) is 1. The van der Waals surface area contributed by atoms with Crippen LogP contribution in [0.1, 0.15) is 25.0 Å². The Morgan fingerprint density at radius 3 is 1.33 bits per heavy atom. The van der Waals surface area contributed by atoms with Gasteiger partial charge in [-0.3, -0.25) is 0 Å². The quantitative estimate of drug-likeness (QED) is 0.655. The van der Waals surface area contributed by atoms with Crippen molar-refractivity contribution in [3.63, 3.8) is 0 Å². The van der Waals surface area contributed by atoms with Gasteiger partial charge in [-0.15, -0.1) is 23.2 Å². The first-order valence-corrected chi connectivity index (χ1v) is 8.04. The predicted octanol–water partition coefficient (Wildman–Crippen LogP) is 5.31. The van der Waals surface area contributed by atoms with Gasteiger partial charge in [0.15, 0.2) is 0 Å². The van der Waals surface area contributed by atoms with E-state index in [2.05, 4.69) is 0 Å². The molecule has 0 amide bonds. The Morgan fingerprint density at radius 2 is 1.05 bits per heavy atom. The lowest BCUT2D eigenvalue weighted by Gasteiger charge is -2.39. The molecule has 0 bridgehead atoms. The van der Waals surface area contributed by atoms with E-state index in [9.17, 15) is 0 Å². The van der Waals surface area contributed by atoms with E-state index in [1.807, 2.05) is 74.5 Å². The van der Waals surface area contributed by atoms with Gasteiger partial charge in [-0.1, -0.05) is 60.7 Å². The van der Waals surface area contributed by atoms with Gasteiger partial charge in [0.1, 0.15) is 11.2 Å². The van der Waals surface area contributed by atoms with Crippen molar-refractivity contribution in [2.45, 2.75) is 25.0 Å². The summed E-state index contributed by atoms with van der Waals surface area (Å²) in [5.41, 5.74) is 0.907. The Labute approximate surface area is 136 Å². The van der Waals surface area contributed by atoms with Crippen molar-refractivity contribution < 1.29 is 4.74 Å². The monoisotopic (exact) mass is 322 g/mol. The molecule has 0 saturated carbocycles. The number of halogens is 2. The molecule has 3 heteroatoms. The highest BCUT2D eigenvalue weighted by atomic mass is 35.5. The summed E-state index contributed by atoms with van der Waals surface area (Å²) in [6, 6.07) is 20.0. The van der Waals surface area contributed by atoms with Crippen LogP contribution in [0.5, 0.6) is 0 Å². The maximum absolute atomic E-state index is 6.43. The van der Waals surface area contributed by atoms with Crippen LogP contribution in [-0.2, 0) is 15.9 Å². The van der Waals surface area contributed by atoms with E-state index in [4.69, 9.17) is 27.9 Å². The third-order valence-corrected chi connectivity index (χ3v) is 4.75. The highest BCUT2D eigenvalue weighted by molar-refractivity contribution is 6.19.